The van der Waals surface area contributed by atoms with Crippen molar-refractivity contribution in [3.8, 4) is 0 Å². The molecule has 2 unspecified atom stereocenters. The Balaban J connectivity index is 1.89. The van der Waals surface area contributed by atoms with Gasteiger partial charge in [-0.2, -0.15) is 0 Å². The number of aryl methyl sites for hydroxylation is 1. The minimum absolute atomic E-state index is 0.0151. The molecule has 0 aromatic heterocycles. The third kappa shape index (κ3) is 2.62. The smallest absolute Gasteiger partial charge is 0.243 e. The van der Waals surface area contributed by atoms with Gasteiger partial charge in [0.2, 0.25) is 11.8 Å². The summed E-state index contributed by atoms with van der Waals surface area (Å²) in [6.45, 7) is 5.18. The monoisotopic (exact) mass is 300 g/mol. The van der Waals surface area contributed by atoms with Gasteiger partial charge >= 0.3 is 0 Å². The van der Waals surface area contributed by atoms with Crippen molar-refractivity contribution in [1.82, 2.24) is 10.2 Å². The first kappa shape index (κ1) is 15.1. The van der Waals surface area contributed by atoms with Crippen LogP contribution >= 0.6 is 0 Å². The molecule has 1 saturated heterocycles. The number of amides is 2. The summed E-state index contributed by atoms with van der Waals surface area (Å²) >= 11 is 0. The van der Waals surface area contributed by atoms with Gasteiger partial charge in [-0.3, -0.25) is 9.59 Å². The van der Waals surface area contributed by atoms with Crippen LogP contribution in [-0.4, -0.2) is 35.8 Å². The van der Waals surface area contributed by atoms with Crippen molar-refractivity contribution in [2.24, 2.45) is 5.92 Å². The summed E-state index contributed by atoms with van der Waals surface area (Å²) in [6, 6.07) is 7.91. The number of benzene rings is 1. The molecule has 2 aliphatic rings. The standard InChI is InChI=1S/C18H24N2O2/c1-12(2)16-17(21)19-10-11-20(16)18(22)15-9-5-7-13-6-3-4-8-14(13)15/h3-4,6,8,12,15-16H,5,7,9-11H2,1-2H3,(H,19,21). The Hall–Kier alpha value is -1.84. The number of nitrogens with zero attached hydrogens (tertiary/aromatic N) is 1. The predicted octanol–water partition coefficient (Wildman–Crippen LogP) is 2.09. The first-order valence-electron chi connectivity index (χ1n) is 8.25. The minimum Gasteiger partial charge on any atom is -0.353 e. The van der Waals surface area contributed by atoms with Crippen molar-refractivity contribution in [3.63, 3.8) is 0 Å². The molecule has 118 valence electrons. The van der Waals surface area contributed by atoms with Crippen LogP contribution in [0, 0.1) is 5.92 Å². The lowest BCUT2D eigenvalue weighted by atomic mass is 9.81. The largest absolute Gasteiger partial charge is 0.353 e. The summed E-state index contributed by atoms with van der Waals surface area (Å²) in [5, 5.41) is 2.89. The van der Waals surface area contributed by atoms with E-state index in [1.807, 2.05) is 30.9 Å². The molecule has 1 aliphatic carbocycles. The zero-order valence-electron chi connectivity index (χ0n) is 13.3. The average molecular weight is 300 g/mol. The first-order valence-corrected chi connectivity index (χ1v) is 8.25. The number of hydrogen-bond donors (Lipinski definition) is 1. The van der Waals surface area contributed by atoms with Gasteiger partial charge in [-0.05, 0) is 36.3 Å². The lowest BCUT2D eigenvalue weighted by molar-refractivity contribution is -0.146. The van der Waals surface area contributed by atoms with E-state index in [9.17, 15) is 9.59 Å². The quantitative estimate of drug-likeness (QED) is 0.909. The number of nitrogens with one attached hydrogen (secondary N) is 1. The number of rotatable bonds is 2. The van der Waals surface area contributed by atoms with E-state index in [0.717, 1.165) is 24.8 Å². The van der Waals surface area contributed by atoms with Crippen molar-refractivity contribution in [3.05, 3.63) is 35.4 Å². The van der Waals surface area contributed by atoms with E-state index < -0.39 is 0 Å². The number of carbonyl (C=O) groups is 2. The van der Waals surface area contributed by atoms with E-state index in [2.05, 4.69) is 17.4 Å². The van der Waals surface area contributed by atoms with E-state index in [-0.39, 0.29) is 29.7 Å². The van der Waals surface area contributed by atoms with Gasteiger partial charge in [-0.25, -0.2) is 0 Å². The van der Waals surface area contributed by atoms with Gasteiger partial charge in [0, 0.05) is 13.1 Å². The Kier molecular flexibility index (Phi) is 4.19. The maximum absolute atomic E-state index is 13.1. The fourth-order valence-electron chi connectivity index (χ4n) is 3.81. The lowest BCUT2D eigenvalue weighted by Gasteiger charge is -2.40. The number of fused-ring (bicyclic) bond motifs is 1. The van der Waals surface area contributed by atoms with Crippen LogP contribution in [0.5, 0.6) is 0 Å². The molecule has 1 aromatic carbocycles. The van der Waals surface area contributed by atoms with E-state index in [0.29, 0.717) is 13.1 Å². The second kappa shape index (κ2) is 6.11. The van der Waals surface area contributed by atoms with Crippen LogP contribution in [0.2, 0.25) is 0 Å². The summed E-state index contributed by atoms with van der Waals surface area (Å²) in [6.07, 6.45) is 2.98. The van der Waals surface area contributed by atoms with Crippen molar-refractivity contribution in [1.29, 1.82) is 0 Å². The van der Waals surface area contributed by atoms with E-state index in [1.54, 1.807) is 0 Å². The van der Waals surface area contributed by atoms with Gasteiger partial charge in [0.05, 0.1) is 5.92 Å². The van der Waals surface area contributed by atoms with E-state index in [1.165, 1.54) is 5.56 Å². The van der Waals surface area contributed by atoms with Crippen LogP contribution in [0.4, 0.5) is 0 Å². The molecule has 4 nitrogen and oxygen atoms in total. The lowest BCUT2D eigenvalue weighted by Crippen LogP contribution is -2.60. The molecule has 1 heterocycles. The molecule has 22 heavy (non-hydrogen) atoms. The molecule has 4 heteroatoms. The molecular weight excluding hydrogens is 276 g/mol. The number of piperazine rings is 1. The molecule has 1 aromatic rings. The molecule has 1 fully saturated rings. The maximum atomic E-state index is 13.1. The molecule has 2 atom stereocenters. The molecule has 0 bridgehead atoms. The Morgan fingerprint density at radius 2 is 2.09 bits per heavy atom. The van der Waals surface area contributed by atoms with Crippen molar-refractivity contribution < 1.29 is 9.59 Å². The highest BCUT2D eigenvalue weighted by atomic mass is 16.2. The summed E-state index contributed by atoms with van der Waals surface area (Å²) in [4.78, 5) is 27.1. The van der Waals surface area contributed by atoms with Crippen LogP contribution in [0.15, 0.2) is 24.3 Å². The molecule has 0 radical (unpaired) electrons. The Morgan fingerprint density at radius 1 is 1.32 bits per heavy atom. The van der Waals surface area contributed by atoms with Gasteiger partial charge in [-0.15, -0.1) is 0 Å². The topological polar surface area (TPSA) is 49.4 Å². The summed E-state index contributed by atoms with van der Waals surface area (Å²) in [7, 11) is 0. The predicted molar refractivity (Wildman–Crippen MR) is 85.5 cm³/mol. The van der Waals surface area contributed by atoms with Crippen LogP contribution in [0.25, 0.3) is 0 Å². The van der Waals surface area contributed by atoms with E-state index >= 15 is 0 Å². The summed E-state index contributed by atoms with van der Waals surface area (Å²) in [5.74, 6) is 0.152. The molecule has 0 spiro atoms. The Morgan fingerprint density at radius 3 is 2.86 bits per heavy atom. The molecule has 2 amide bonds. The van der Waals surface area contributed by atoms with E-state index in [4.69, 9.17) is 0 Å². The average Bonchev–Trinajstić information content (AvgIpc) is 2.53. The minimum atomic E-state index is -0.338. The fraction of sp³-hybridized carbons (Fsp3) is 0.556. The normalized spacial score (nSPS) is 24.9. The second-order valence-corrected chi connectivity index (χ2v) is 6.66. The van der Waals surface area contributed by atoms with Gasteiger partial charge in [-0.1, -0.05) is 38.1 Å². The van der Waals surface area contributed by atoms with Gasteiger partial charge < -0.3 is 10.2 Å². The third-order valence-corrected chi connectivity index (χ3v) is 4.84. The van der Waals surface area contributed by atoms with Crippen molar-refractivity contribution in [2.75, 3.05) is 13.1 Å². The molecule has 1 N–H and O–H groups in total. The first-order chi connectivity index (χ1) is 10.6. The van der Waals surface area contributed by atoms with Gasteiger partial charge in [0.25, 0.3) is 0 Å². The third-order valence-electron chi connectivity index (χ3n) is 4.84. The summed E-state index contributed by atoms with van der Waals surface area (Å²) in [5.41, 5.74) is 2.45. The molecular formula is C18H24N2O2. The van der Waals surface area contributed by atoms with Crippen LogP contribution in [0.1, 0.15) is 43.7 Å². The highest BCUT2D eigenvalue weighted by Crippen LogP contribution is 2.34. The van der Waals surface area contributed by atoms with Crippen LogP contribution < -0.4 is 5.32 Å². The zero-order chi connectivity index (χ0) is 15.7. The fourth-order valence-corrected chi connectivity index (χ4v) is 3.81. The zero-order valence-corrected chi connectivity index (χ0v) is 13.3. The highest BCUT2D eigenvalue weighted by molar-refractivity contribution is 5.92. The summed E-state index contributed by atoms with van der Waals surface area (Å²) < 4.78 is 0. The van der Waals surface area contributed by atoms with Crippen molar-refractivity contribution in [2.45, 2.75) is 45.1 Å². The number of carbonyl (C=O) groups excluding carboxylic acids is 2. The van der Waals surface area contributed by atoms with Crippen LogP contribution in [-0.2, 0) is 16.0 Å². The van der Waals surface area contributed by atoms with Gasteiger partial charge in [0.15, 0.2) is 0 Å². The molecule has 0 saturated carbocycles. The highest BCUT2D eigenvalue weighted by Gasteiger charge is 2.39. The Labute approximate surface area is 131 Å². The maximum Gasteiger partial charge on any atom is 0.243 e. The molecule has 3 rings (SSSR count). The van der Waals surface area contributed by atoms with Gasteiger partial charge in [0.1, 0.15) is 6.04 Å². The SMILES string of the molecule is CC(C)C1C(=O)NCCN1C(=O)C1CCCc2ccccc21. The Bertz CT molecular complexity index is 582. The van der Waals surface area contributed by atoms with Crippen molar-refractivity contribution >= 4 is 11.8 Å². The number of hydrogen-bond acceptors (Lipinski definition) is 2. The van der Waals surface area contributed by atoms with Crippen LogP contribution in [0.3, 0.4) is 0 Å². The second-order valence-electron chi connectivity index (χ2n) is 6.66. The molecule has 1 aliphatic heterocycles.